The minimum atomic E-state index is -0.393. The molecular weight excluding hydrogens is 503 g/mol. The first-order chi connectivity index (χ1) is 13.9. The monoisotopic (exact) mass is 517 g/mol. The summed E-state index contributed by atoms with van der Waals surface area (Å²) in [6, 6.07) is 13.2. The summed E-state index contributed by atoms with van der Waals surface area (Å²) in [5.74, 6) is 0.688. The molecule has 29 heavy (non-hydrogen) atoms. The largest absolute Gasteiger partial charge is 0.493 e. The van der Waals surface area contributed by atoms with Gasteiger partial charge < -0.3 is 14.8 Å². The predicted octanol–water partition coefficient (Wildman–Crippen LogP) is 7.75. The maximum Gasteiger partial charge on any atom is 0.175 e. The summed E-state index contributed by atoms with van der Waals surface area (Å²) in [4.78, 5) is 0. The van der Waals surface area contributed by atoms with Crippen LogP contribution in [0.4, 0.5) is 10.1 Å². The van der Waals surface area contributed by atoms with Gasteiger partial charge in [0.1, 0.15) is 12.4 Å². The van der Waals surface area contributed by atoms with Crippen molar-refractivity contribution in [2.45, 2.75) is 13.2 Å². The molecule has 152 valence electrons. The van der Waals surface area contributed by atoms with E-state index in [1.165, 1.54) is 12.1 Å². The third kappa shape index (κ3) is 5.70. The van der Waals surface area contributed by atoms with Crippen molar-refractivity contribution in [3.8, 4) is 11.5 Å². The molecule has 0 fully saturated rings. The van der Waals surface area contributed by atoms with Gasteiger partial charge in [0, 0.05) is 17.1 Å². The van der Waals surface area contributed by atoms with Gasteiger partial charge in [-0.15, -0.1) is 0 Å². The molecule has 0 atom stereocenters. The third-order valence-corrected chi connectivity index (χ3v) is 5.58. The number of ether oxygens (including phenoxy) is 2. The zero-order valence-corrected chi connectivity index (χ0v) is 19.1. The van der Waals surface area contributed by atoms with E-state index in [1.54, 1.807) is 25.3 Å². The molecule has 3 rings (SSSR count). The van der Waals surface area contributed by atoms with Gasteiger partial charge in [-0.2, -0.15) is 0 Å². The van der Waals surface area contributed by atoms with Gasteiger partial charge in [0.25, 0.3) is 0 Å². The third-order valence-electron chi connectivity index (χ3n) is 4.09. The molecule has 1 N–H and O–H groups in total. The fraction of sp³-hybridized carbons (Fsp3) is 0.143. The highest BCUT2D eigenvalue weighted by Crippen LogP contribution is 2.38. The standard InChI is InChI=1S/C21H16BrCl3FNO2/c1-28-20-7-12(10-27-19-5-3-14(23)8-18(19)25)6-16(22)21(20)29-11-13-2-4-15(26)9-17(13)24/h2-9,27H,10-11H2,1H3. The topological polar surface area (TPSA) is 30.5 Å². The number of rotatable bonds is 7. The van der Waals surface area contributed by atoms with Crippen molar-refractivity contribution in [3.05, 3.63) is 85.0 Å². The Kier molecular flexibility index (Phi) is 7.52. The van der Waals surface area contributed by atoms with Gasteiger partial charge in [-0.1, -0.05) is 40.9 Å². The van der Waals surface area contributed by atoms with Crippen LogP contribution in [0.25, 0.3) is 0 Å². The molecule has 0 aliphatic rings. The molecule has 0 radical (unpaired) electrons. The molecule has 8 heteroatoms. The Hall–Kier alpha value is -1.66. The van der Waals surface area contributed by atoms with E-state index in [-0.39, 0.29) is 6.61 Å². The highest BCUT2D eigenvalue weighted by atomic mass is 79.9. The van der Waals surface area contributed by atoms with E-state index in [0.29, 0.717) is 43.1 Å². The Bertz CT molecular complexity index is 1030. The van der Waals surface area contributed by atoms with Crippen molar-refractivity contribution < 1.29 is 13.9 Å². The average molecular weight is 520 g/mol. The molecular formula is C21H16BrCl3FNO2. The lowest BCUT2D eigenvalue weighted by molar-refractivity contribution is 0.282. The van der Waals surface area contributed by atoms with E-state index in [4.69, 9.17) is 44.3 Å². The molecule has 0 heterocycles. The van der Waals surface area contributed by atoms with Crippen LogP contribution in [-0.2, 0) is 13.2 Å². The summed E-state index contributed by atoms with van der Waals surface area (Å²) in [5, 5.41) is 4.69. The van der Waals surface area contributed by atoms with Crippen LogP contribution in [0.3, 0.4) is 0 Å². The molecule has 0 bridgehead atoms. The molecule has 0 unspecified atom stereocenters. The van der Waals surface area contributed by atoms with Crippen LogP contribution in [-0.4, -0.2) is 7.11 Å². The maximum atomic E-state index is 13.2. The fourth-order valence-electron chi connectivity index (χ4n) is 2.63. The Morgan fingerprint density at radius 2 is 1.79 bits per heavy atom. The summed E-state index contributed by atoms with van der Waals surface area (Å²) in [5.41, 5.74) is 2.40. The summed E-state index contributed by atoms with van der Waals surface area (Å²) in [6.45, 7) is 0.687. The van der Waals surface area contributed by atoms with Crippen LogP contribution in [0.15, 0.2) is 53.0 Å². The zero-order chi connectivity index (χ0) is 21.0. The molecule has 0 saturated carbocycles. The van der Waals surface area contributed by atoms with Crippen LogP contribution >= 0.6 is 50.7 Å². The number of halogens is 5. The van der Waals surface area contributed by atoms with Gasteiger partial charge in [0.15, 0.2) is 11.5 Å². The van der Waals surface area contributed by atoms with Gasteiger partial charge in [-0.05, 0) is 64.0 Å². The molecule has 0 aliphatic heterocycles. The lowest BCUT2D eigenvalue weighted by atomic mass is 10.2. The summed E-state index contributed by atoms with van der Waals surface area (Å²) < 4.78 is 25.3. The molecule has 3 nitrogen and oxygen atoms in total. The lowest BCUT2D eigenvalue weighted by Gasteiger charge is -2.16. The first kappa shape index (κ1) is 22.0. The van der Waals surface area contributed by atoms with Gasteiger partial charge in [-0.25, -0.2) is 4.39 Å². The Morgan fingerprint density at radius 3 is 2.48 bits per heavy atom. The molecule has 3 aromatic carbocycles. The smallest absolute Gasteiger partial charge is 0.175 e. The number of nitrogens with one attached hydrogen (secondary N) is 1. The van der Waals surface area contributed by atoms with Crippen LogP contribution in [0.2, 0.25) is 15.1 Å². The average Bonchev–Trinajstić information content (AvgIpc) is 2.67. The van der Waals surface area contributed by atoms with Crippen molar-refractivity contribution in [1.82, 2.24) is 0 Å². The second kappa shape index (κ2) is 9.90. The van der Waals surface area contributed by atoms with E-state index < -0.39 is 5.82 Å². The van der Waals surface area contributed by atoms with Gasteiger partial charge in [-0.3, -0.25) is 0 Å². The first-order valence-electron chi connectivity index (χ1n) is 8.49. The van der Waals surface area contributed by atoms with Gasteiger partial charge in [0.2, 0.25) is 0 Å². The van der Waals surface area contributed by atoms with E-state index >= 15 is 0 Å². The van der Waals surface area contributed by atoms with Crippen LogP contribution < -0.4 is 14.8 Å². The normalized spacial score (nSPS) is 10.7. The first-order valence-corrected chi connectivity index (χ1v) is 10.4. The van der Waals surface area contributed by atoms with Crippen LogP contribution in [0.5, 0.6) is 11.5 Å². The molecule has 0 aromatic heterocycles. The summed E-state index contributed by atoms with van der Waals surface area (Å²) in [6.07, 6.45) is 0. The number of anilines is 1. The number of hydrogen-bond acceptors (Lipinski definition) is 3. The quantitative estimate of drug-likeness (QED) is 0.346. The highest BCUT2D eigenvalue weighted by molar-refractivity contribution is 9.10. The number of hydrogen-bond donors (Lipinski definition) is 1. The minimum Gasteiger partial charge on any atom is -0.493 e. The molecule has 0 amide bonds. The molecule has 0 saturated heterocycles. The number of benzene rings is 3. The second-order valence-corrected chi connectivity index (χ2v) is 8.22. The van der Waals surface area contributed by atoms with E-state index in [2.05, 4.69) is 21.2 Å². The second-order valence-electron chi connectivity index (χ2n) is 6.11. The molecule has 0 aliphatic carbocycles. The minimum absolute atomic E-state index is 0.173. The Morgan fingerprint density at radius 1 is 1.00 bits per heavy atom. The van der Waals surface area contributed by atoms with Gasteiger partial charge >= 0.3 is 0 Å². The van der Waals surface area contributed by atoms with Crippen molar-refractivity contribution in [2.24, 2.45) is 0 Å². The zero-order valence-electron chi connectivity index (χ0n) is 15.2. The van der Waals surface area contributed by atoms with Crippen molar-refractivity contribution >= 4 is 56.4 Å². The van der Waals surface area contributed by atoms with Crippen molar-refractivity contribution in [3.63, 3.8) is 0 Å². The SMILES string of the molecule is COc1cc(CNc2ccc(Cl)cc2Cl)cc(Br)c1OCc1ccc(F)cc1Cl. The molecule has 0 spiro atoms. The van der Waals surface area contributed by atoms with E-state index in [0.717, 1.165) is 11.3 Å². The van der Waals surface area contributed by atoms with E-state index in [1.807, 2.05) is 18.2 Å². The maximum absolute atomic E-state index is 13.2. The van der Waals surface area contributed by atoms with Crippen molar-refractivity contribution in [1.29, 1.82) is 0 Å². The van der Waals surface area contributed by atoms with Crippen molar-refractivity contribution in [2.75, 3.05) is 12.4 Å². The van der Waals surface area contributed by atoms with Crippen LogP contribution in [0.1, 0.15) is 11.1 Å². The Labute approximate surface area is 191 Å². The molecule has 3 aromatic rings. The fourth-order valence-corrected chi connectivity index (χ4v) is 3.94. The number of methoxy groups -OCH3 is 1. The van der Waals surface area contributed by atoms with Crippen LogP contribution in [0, 0.1) is 5.82 Å². The van der Waals surface area contributed by atoms with Gasteiger partial charge in [0.05, 0.1) is 27.3 Å². The summed E-state index contributed by atoms with van der Waals surface area (Å²) in [7, 11) is 1.56. The lowest BCUT2D eigenvalue weighted by Crippen LogP contribution is -2.03. The predicted molar refractivity (Wildman–Crippen MR) is 120 cm³/mol. The highest BCUT2D eigenvalue weighted by Gasteiger charge is 2.13. The van der Waals surface area contributed by atoms with E-state index in [9.17, 15) is 4.39 Å². The Balaban J connectivity index is 1.74. The summed E-state index contributed by atoms with van der Waals surface area (Å²) >= 11 is 21.7.